The number of aromatic amines is 1. The van der Waals surface area contributed by atoms with E-state index >= 15 is 0 Å². The standard InChI is InChI=1S/C14H16N6O3.2ClH/c1-23-14-8(12(15)21)4-7(5-17-14)18-13(22)11-9-6-16-3-2-10(9)19-20-11;;/h4-5,16H,2-3,6H2,1H3,(H2,15,21)(H,18,22)(H,19,20);2*1H. The fourth-order valence-corrected chi connectivity index (χ4v) is 2.46. The number of H-pyrrole nitrogens is 1. The van der Waals surface area contributed by atoms with Gasteiger partial charge in [0.1, 0.15) is 5.56 Å². The molecule has 9 nitrogen and oxygen atoms in total. The molecular formula is C14H18Cl2N6O3. The number of carbonyl (C=O) groups is 2. The van der Waals surface area contributed by atoms with Crippen LogP contribution < -0.4 is 21.1 Å². The lowest BCUT2D eigenvalue weighted by Gasteiger charge is -2.13. The number of rotatable bonds is 4. The van der Waals surface area contributed by atoms with Crippen molar-refractivity contribution in [2.45, 2.75) is 13.0 Å². The van der Waals surface area contributed by atoms with Crippen molar-refractivity contribution in [2.75, 3.05) is 19.0 Å². The van der Waals surface area contributed by atoms with Crippen LogP contribution in [0.5, 0.6) is 5.88 Å². The van der Waals surface area contributed by atoms with E-state index in [-0.39, 0.29) is 42.2 Å². The number of nitrogens with zero attached hydrogens (tertiary/aromatic N) is 2. The average Bonchev–Trinajstić information content (AvgIpc) is 2.98. The molecule has 25 heavy (non-hydrogen) atoms. The van der Waals surface area contributed by atoms with Crippen LogP contribution >= 0.6 is 24.8 Å². The molecule has 0 bridgehead atoms. The van der Waals surface area contributed by atoms with Crippen LogP contribution in [-0.4, -0.2) is 40.7 Å². The Kier molecular flexibility index (Phi) is 7.16. The van der Waals surface area contributed by atoms with E-state index in [1.54, 1.807) is 0 Å². The molecule has 5 N–H and O–H groups in total. The Morgan fingerprint density at radius 1 is 1.36 bits per heavy atom. The number of aromatic nitrogens is 3. The number of nitrogens with two attached hydrogens (primary N) is 1. The van der Waals surface area contributed by atoms with Gasteiger partial charge in [0.15, 0.2) is 5.69 Å². The van der Waals surface area contributed by atoms with Crippen molar-refractivity contribution in [3.05, 3.63) is 34.8 Å². The molecule has 0 unspecified atom stereocenters. The molecule has 1 aliphatic heterocycles. The minimum atomic E-state index is -0.688. The molecule has 0 fully saturated rings. The van der Waals surface area contributed by atoms with Gasteiger partial charge in [-0.25, -0.2) is 4.98 Å². The summed E-state index contributed by atoms with van der Waals surface area (Å²) in [5, 5.41) is 12.8. The normalized spacial score (nSPS) is 12.2. The first-order chi connectivity index (χ1) is 11.1. The Morgan fingerprint density at radius 2 is 2.12 bits per heavy atom. The van der Waals surface area contributed by atoms with E-state index in [2.05, 4.69) is 25.8 Å². The smallest absolute Gasteiger partial charge is 0.276 e. The Hall–Kier alpha value is -2.36. The molecule has 0 aromatic carbocycles. The van der Waals surface area contributed by atoms with Gasteiger partial charge in [-0.15, -0.1) is 24.8 Å². The monoisotopic (exact) mass is 388 g/mol. The first-order valence-electron chi connectivity index (χ1n) is 7.02. The molecule has 0 saturated carbocycles. The van der Waals surface area contributed by atoms with Crippen LogP contribution in [0.3, 0.4) is 0 Å². The SMILES string of the molecule is COc1ncc(NC(=O)c2n[nH]c3c2CNCC3)cc1C(N)=O.Cl.Cl. The third kappa shape index (κ3) is 4.19. The average molecular weight is 389 g/mol. The van der Waals surface area contributed by atoms with E-state index in [9.17, 15) is 9.59 Å². The molecular weight excluding hydrogens is 371 g/mol. The van der Waals surface area contributed by atoms with E-state index in [4.69, 9.17) is 10.5 Å². The number of methoxy groups -OCH3 is 1. The van der Waals surface area contributed by atoms with Gasteiger partial charge in [0.2, 0.25) is 5.88 Å². The highest BCUT2D eigenvalue weighted by molar-refractivity contribution is 6.05. The molecule has 11 heteroatoms. The van der Waals surface area contributed by atoms with Crippen LogP contribution in [0.1, 0.15) is 32.1 Å². The van der Waals surface area contributed by atoms with Crippen molar-refractivity contribution in [1.82, 2.24) is 20.5 Å². The van der Waals surface area contributed by atoms with Gasteiger partial charge in [0.25, 0.3) is 11.8 Å². The quantitative estimate of drug-likeness (QED) is 0.607. The molecule has 2 aromatic heterocycles. The van der Waals surface area contributed by atoms with Crippen molar-refractivity contribution < 1.29 is 14.3 Å². The van der Waals surface area contributed by atoms with Gasteiger partial charge in [0, 0.05) is 30.8 Å². The summed E-state index contributed by atoms with van der Waals surface area (Å²) < 4.78 is 4.96. The Balaban J connectivity index is 0.00000156. The fraction of sp³-hybridized carbons (Fsp3) is 0.286. The predicted octanol–water partition coefficient (Wildman–Crippen LogP) is 0.654. The van der Waals surface area contributed by atoms with Gasteiger partial charge in [-0.2, -0.15) is 5.10 Å². The highest BCUT2D eigenvalue weighted by Gasteiger charge is 2.22. The maximum Gasteiger partial charge on any atom is 0.276 e. The topological polar surface area (TPSA) is 135 Å². The van der Waals surface area contributed by atoms with Crippen molar-refractivity contribution in [1.29, 1.82) is 0 Å². The number of anilines is 1. The lowest BCUT2D eigenvalue weighted by Crippen LogP contribution is -2.25. The Bertz CT molecular complexity index is 780. The van der Waals surface area contributed by atoms with Crippen LogP contribution in [0.2, 0.25) is 0 Å². The van der Waals surface area contributed by atoms with E-state index < -0.39 is 5.91 Å². The molecule has 136 valence electrons. The number of halogens is 2. The van der Waals surface area contributed by atoms with Crippen LogP contribution in [-0.2, 0) is 13.0 Å². The second kappa shape index (κ2) is 8.65. The number of ether oxygens (including phenoxy) is 1. The molecule has 0 spiro atoms. The lowest BCUT2D eigenvalue weighted by molar-refractivity contribution is 0.0992. The van der Waals surface area contributed by atoms with Gasteiger partial charge in [-0.3, -0.25) is 14.7 Å². The van der Waals surface area contributed by atoms with E-state index in [0.29, 0.717) is 17.9 Å². The summed E-state index contributed by atoms with van der Waals surface area (Å²) in [6.07, 6.45) is 2.19. The highest BCUT2D eigenvalue weighted by atomic mass is 35.5. The summed E-state index contributed by atoms with van der Waals surface area (Å²) in [4.78, 5) is 27.8. The predicted molar refractivity (Wildman–Crippen MR) is 95.8 cm³/mol. The van der Waals surface area contributed by atoms with Gasteiger partial charge in [0.05, 0.1) is 19.0 Å². The second-order valence-electron chi connectivity index (χ2n) is 5.06. The minimum Gasteiger partial charge on any atom is -0.480 e. The first-order valence-corrected chi connectivity index (χ1v) is 7.02. The number of fused-ring (bicyclic) bond motifs is 1. The number of nitrogens with one attached hydrogen (secondary N) is 3. The second-order valence-corrected chi connectivity index (χ2v) is 5.06. The summed E-state index contributed by atoms with van der Waals surface area (Å²) in [6, 6.07) is 1.42. The maximum absolute atomic E-state index is 12.4. The lowest BCUT2D eigenvalue weighted by atomic mass is 10.1. The number of hydrogen-bond donors (Lipinski definition) is 4. The number of hydrogen-bond acceptors (Lipinski definition) is 6. The molecule has 1 aliphatic rings. The molecule has 2 aromatic rings. The summed E-state index contributed by atoms with van der Waals surface area (Å²) >= 11 is 0. The number of carbonyl (C=O) groups excluding carboxylic acids is 2. The summed E-state index contributed by atoms with van der Waals surface area (Å²) in [7, 11) is 1.38. The van der Waals surface area contributed by atoms with Gasteiger partial charge in [-0.1, -0.05) is 0 Å². The first kappa shape index (κ1) is 20.7. The van der Waals surface area contributed by atoms with Crippen LogP contribution in [0, 0.1) is 0 Å². The van der Waals surface area contributed by atoms with Crippen molar-refractivity contribution in [3.8, 4) is 5.88 Å². The molecule has 0 aliphatic carbocycles. The highest BCUT2D eigenvalue weighted by Crippen LogP contribution is 2.20. The summed E-state index contributed by atoms with van der Waals surface area (Å²) in [5.41, 5.74) is 7.84. The fourth-order valence-electron chi connectivity index (χ4n) is 2.46. The zero-order valence-corrected chi connectivity index (χ0v) is 14.9. The molecule has 3 heterocycles. The Labute approximate surface area is 155 Å². The van der Waals surface area contributed by atoms with Gasteiger partial charge in [-0.05, 0) is 6.07 Å². The van der Waals surface area contributed by atoms with Crippen molar-refractivity contribution in [2.24, 2.45) is 5.73 Å². The molecule has 0 radical (unpaired) electrons. The van der Waals surface area contributed by atoms with Gasteiger partial charge >= 0.3 is 0 Å². The zero-order valence-electron chi connectivity index (χ0n) is 13.3. The Morgan fingerprint density at radius 3 is 2.80 bits per heavy atom. The summed E-state index contributed by atoms with van der Waals surface area (Å²) in [6.45, 7) is 1.43. The van der Waals surface area contributed by atoms with E-state index in [1.807, 2.05) is 0 Å². The van der Waals surface area contributed by atoms with Crippen molar-refractivity contribution >= 4 is 42.3 Å². The van der Waals surface area contributed by atoms with Crippen LogP contribution in [0.4, 0.5) is 5.69 Å². The third-order valence-corrected chi connectivity index (χ3v) is 3.59. The molecule has 2 amide bonds. The molecule has 3 rings (SSSR count). The minimum absolute atomic E-state index is 0. The number of pyridine rings is 1. The van der Waals surface area contributed by atoms with E-state index in [1.165, 1.54) is 19.4 Å². The number of primary amides is 1. The van der Waals surface area contributed by atoms with Crippen LogP contribution in [0.15, 0.2) is 12.3 Å². The zero-order chi connectivity index (χ0) is 16.4. The third-order valence-electron chi connectivity index (χ3n) is 3.59. The van der Waals surface area contributed by atoms with Crippen molar-refractivity contribution in [3.63, 3.8) is 0 Å². The van der Waals surface area contributed by atoms with Crippen LogP contribution in [0.25, 0.3) is 0 Å². The molecule has 0 saturated heterocycles. The van der Waals surface area contributed by atoms with E-state index in [0.717, 1.165) is 24.2 Å². The largest absolute Gasteiger partial charge is 0.480 e. The number of amides is 2. The molecule has 0 atom stereocenters. The maximum atomic E-state index is 12.4. The van der Waals surface area contributed by atoms with Gasteiger partial charge < -0.3 is 21.1 Å². The summed E-state index contributed by atoms with van der Waals surface area (Å²) in [5.74, 6) is -0.961.